The molecule has 0 unspecified atom stereocenters. The summed E-state index contributed by atoms with van der Waals surface area (Å²) in [6.07, 6.45) is 0.842. The molecule has 0 aromatic rings. The molecule has 0 saturated carbocycles. The van der Waals surface area contributed by atoms with Crippen molar-refractivity contribution in [3.63, 3.8) is 0 Å². The lowest BCUT2D eigenvalue weighted by molar-refractivity contribution is -0.133. The third-order valence-corrected chi connectivity index (χ3v) is 2.86. The fourth-order valence-corrected chi connectivity index (χ4v) is 2.20. The van der Waals surface area contributed by atoms with Gasteiger partial charge >= 0.3 is 0 Å². The standard InChI is InChI=1S/C10H19ClN2O/c1-9(2)8(14)13(7-5-6-11)10(3,4)12-9/h12H,5-7H2,1-4H3. The summed E-state index contributed by atoms with van der Waals surface area (Å²) < 4.78 is 0. The van der Waals surface area contributed by atoms with Crippen LogP contribution in [0, 0.1) is 0 Å². The van der Waals surface area contributed by atoms with Gasteiger partial charge in [0.05, 0.1) is 11.2 Å². The molecule has 0 bridgehead atoms. The van der Waals surface area contributed by atoms with E-state index in [4.69, 9.17) is 11.6 Å². The van der Waals surface area contributed by atoms with Crippen molar-refractivity contribution in [2.24, 2.45) is 0 Å². The molecule has 0 radical (unpaired) electrons. The monoisotopic (exact) mass is 218 g/mol. The molecule has 0 aliphatic carbocycles. The van der Waals surface area contributed by atoms with Crippen molar-refractivity contribution in [1.29, 1.82) is 0 Å². The second-order valence-electron chi connectivity index (χ2n) is 4.81. The third kappa shape index (κ3) is 2.04. The summed E-state index contributed by atoms with van der Waals surface area (Å²) in [5.74, 6) is 0.757. The molecule has 82 valence electrons. The molecule has 1 saturated heterocycles. The van der Waals surface area contributed by atoms with Crippen LogP contribution in [0.15, 0.2) is 0 Å². The Hall–Kier alpha value is -0.280. The number of amides is 1. The minimum atomic E-state index is -0.449. The molecule has 0 aromatic heterocycles. The molecule has 14 heavy (non-hydrogen) atoms. The van der Waals surface area contributed by atoms with E-state index in [9.17, 15) is 4.79 Å². The van der Waals surface area contributed by atoms with E-state index >= 15 is 0 Å². The number of nitrogens with zero attached hydrogens (tertiary/aromatic N) is 1. The number of alkyl halides is 1. The van der Waals surface area contributed by atoms with Gasteiger partial charge in [0.2, 0.25) is 5.91 Å². The molecule has 1 N–H and O–H groups in total. The van der Waals surface area contributed by atoms with Gasteiger partial charge in [-0.2, -0.15) is 0 Å². The van der Waals surface area contributed by atoms with Crippen LogP contribution in [0.25, 0.3) is 0 Å². The van der Waals surface area contributed by atoms with Crippen molar-refractivity contribution in [2.75, 3.05) is 12.4 Å². The molecule has 0 aromatic carbocycles. The Labute approximate surface area is 90.8 Å². The highest BCUT2D eigenvalue weighted by Gasteiger charge is 2.48. The zero-order valence-corrected chi connectivity index (χ0v) is 10.1. The molecule has 1 aliphatic rings. The van der Waals surface area contributed by atoms with Gasteiger partial charge in [0, 0.05) is 12.4 Å². The summed E-state index contributed by atoms with van der Waals surface area (Å²) in [6.45, 7) is 8.60. The van der Waals surface area contributed by atoms with E-state index in [1.54, 1.807) is 0 Å². The lowest BCUT2D eigenvalue weighted by Crippen LogP contribution is -2.48. The average molecular weight is 219 g/mol. The van der Waals surface area contributed by atoms with Crippen LogP contribution in [-0.4, -0.2) is 34.4 Å². The molecule has 1 fully saturated rings. The van der Waals surface area contributed by atoms with Crippen LogP contribution >= 0.6 is 11.6 Å². The molecule has 0 spiro atoms. The number of nitrogens with one attached hydrogen (secondary N) is 1. The predicted octanol–water partition coefficient (Wildman–Crippen LogP) is 1.56. The minimum absolute atomic E-state index is 0.160. The Morgan fingerprint density at radius 3 is 2.29 bits per heavy atom. The maximum absolute atomic E-state index is 12.0. The Kier molecular flexibility index (Phi) is 3.12. The molecule has 1 rings (SSSR count). The number of carbonyl (C=O) groups excluding carboxylic acids is 1. The van der Waals surface area contributed by atoms with E-state index in [0.29, 0.717) is 5.88 Å². The van der Waals surface area contributed by atoms with Gasteiger partial charge in [0.15, 0.2) is 0 Å². The Balaban J connectivity index is 2.77. The molecule has 3 nitrogen and oxygen atoms in total. The lowest BCUT2D eigenvalue weighted by Gasteiger charge is -2.31. The van der Waals surface area contributed by atoms with Crippen LogP contribution in [0.5, 0.6) is 0 Å². The molecule has 1 aliphatic heterocycles. The normalized spacial score (nSPS) is 24.4. The lowest BCUT2D eigenvalue weighted by atomic mass is 10.1. The summed E-state index contributed by atoms with van der Waals surface area (Å²) in [6, 6.07) is 0. The predicted molar refractivity (Wildman–Crippen MR) is 58.3 cm³/mol. The van der Waals surface area contributed by atoms with E-state index in [-0.39, 0.29) is 11.6 Å². The van der Waals surface area contributed by atoms with E-state index < -0.39 is 5.54 Å². The van der Waals surface area contributed by atoms with Crippen molar-refractivity contribution in [3.05, 3.63) is 0 Å². The van der Waals surface area contributed by atoms with Crippen molar-refractivity contribution in [2.45, 2.75) is 45.3 Å². The molecular weight excluding hydrogens is 200 g/mol. The van der Waals surface area contributed by atoms with E-state index in [1.807, 2.05) is 32.6 Å². The second-order valence-corrected chi connectivity index (χ2v) is 5.19. The van der Waals surface area contributed by atoms with Gasteiger partial charge in [-0.1, -0.05) is 0 Å². The van der Waals surface area contributed by atoms with Gasteiger partial charge < -0.3 is 4.90 Å². The van der Waals surface area contributed by atoms with E-state index in [2.05, 4.69) is 5.32 Å². The minimum Gasteiger partial charge on any atom is -0.323 e. The summed E-state index contributed by atoms with van der Waals surface area (Å²) in [4.78, 5) is 13.8. The fourth-order valence-electron chi connectivity index (χ4n) is 2.08. The first-order valence-electron chi connectivity index (χ1n) is 4.98. The molecule has 1 heterocycles. The summed E-state index contributed by atoms with van der Waals surface area (Å²) in [5, 5.41) is 3.31. The van der Waals surface area contributed by atoms with Gasteiger partial charge in [-0.05, 0) is 34.1 Å². The Morgan fingerprint density at radius 2 is 1.93 bits per heavy atom. The highest BCUT2D eigenvalue weighted by atomic mass is 35.5. The Morgan fingerprint density at radius 1 is 1.36 bits per heavy atom. The van der Waals surface area contributed by atoms with Gasteiger partial charge in [0.25, 0.3) is 0 Å². The second kappa shape index (κ2) is 3.70. The first kappa shape index (κ1) is 11.8. The summed E-state index contributed by atoms with van der Waals surface area (Å²) in [5.41, 5.74) is -0.706. The van der Waals surface area contributed by atoms with Crippen molar-refractivity contribution >= 4 is 17.5 Å². The quantitative estimate of drug-likeness (QED) is 0.730. The third-order valence-electron chi connectivity index (χ3n) is 2.59. The largest absolute Gasteiger partial charge is 0.323 e. The summed E-state index contributed by atoms with van der Waals surface area (Å²) >= 11 is 5.63. The maximum Gasteiger partial charge on any atom is 0.243 e. The SMILES string of the molecule is CC1(C)NC(C)(C)N(CCCCl)C1=O. The van der Waals surface area contributed by atoms with Crippen molar-refractivity contribution < 1.29 is 4.79 Å². The zero-order valence-electron chi connectivity index (χ0n) is 9.35. The molecular formula is C10H19ClN2O. The molecule has 1 amide bonds. The number of hydrogen-bond acceptors (Lipinski definition) is 2. The van der Waals surface area contributed by atoms with Crippen LogP contribution in [0.2, 0.25) is 0 Å². The summed E-state index contributed by atoms with van der Waals surface area (Å²) in [7, 11) is 0. The van der Waals surface area contributed by atoms with Crippen molar-refractivity contribution in [1.82, 2.24) is 10.2 Å². The van der Waals surface area contributed by atoms with Gasteiger partial charge in [-0.3, -0.25) is 10.1 Å². The number of rotatable bonds is 3. The average Bonchev–Trinajstić information content (AvgIpc) is 2.16. The maximum atomic E-state index is 12.0. The number of hydrogen-bond donors (Lipinski definition) is 1. The molecule has 0 atom stereocenters. The van der Waals surface area contributed by atoms with Crippen LogP contribution in [0.4, 0.5) is 0 Å². The highest BCUT2D eigenvalue weighted by Crippen LogP contribution is 2.27. The fraction of sp³-hybridized carbons (Fsp3) is 0.900. The number of halogens is 1. The van der Waals surface area contributed by atoms with Crippen LogP contribution in [0.3, 0.4) is 0 Å². The smallest absolute Gasteiger partial charge is 0.243 e. The molecule has 4 heteroatoms. The first-order chi connectivity index (χ1) is 6.31. The van der Waals surface area contributed by atoms with Crippen LogP contribution in [-0.2, 0) is 4.79 Å². The first-order valence-corrected chi connectivity index (χ1v) is 5.52. The Bertz CT molecular complexity index is 238. The van der Waals surface area contributed by atoms with Gasteiger partial charge in [0.1, 0.15) is 0 Å². The van der Waals surface area contributed by atoms with Crippen LogP contribution in [0.1, 0.15) is 34.1 Å². The van der Waals surface area contributed by atoms with E-state index in [0.717, 1.165) is 13.0 Å². The van der Waals surface area contributed by atoms with Gasteiger partial charge in [-0.25, -0.2) is 0 Å². The van der Waals surface area contributed by atoms with Crippen LogP contribution < -0.4 is 5.32 Å². The van der Waals surface area contributed by atoms with Crippen molar-refractivity contribution in [3.8, 4) is 0 Å². The highest BCUT2D eigenvalue weighted by molar-refractivity contribution is 6.17. The number of carbonyl (C=O) groups is 1. The van der Waals surface area contributed by atoms with E-state index in [1.165, 1.54) is 0 Å². The zero-order chi connectivity index (χ0) is 11.0. The topological polar surface area (TPSA) is 32.3 Å². The van der Waals surface area contributed by atoms with Gasteiger partial charge in [-0.15, -0.1) is 11.6 Å².